The summed E-state index contributed by atoms with van der Waals surface area (Å²) in [4.78, 5) is 15.1. The molecule has 0 aliphatic carbocycles. The van der Waals surface area contributed by atoms with Crippen molar-refractivity contribution in [1.82, 2.24) is 4.98 Å². The lowest BCUT2D eigenvalue weighted by Crippen LogP contribution is -2.26. The lowest BCUT2D eigenvalue weighted by molar-refractivity contribution is -0.0119. The maximum atomic E-state index is 10.9. The number of hydrogen-bond donors (Lipinski definition) is 1. The van der Waals surface area contributed by atoms with E-state index in [1.807, 2.05) is 0 Å². The molecule has 0 amide bonds. The summed E-state index contributed by atoms with van der Waals surface area (Å²) in [5.74, 6) is -0.624. The molecule has 0 bridgehead atoms. The first-order valence-corrected chi connectivity index (χ1v) is 6.11. The molecule has 0 spiro atoms. The third kappa shape index (κ3) is 3.43. The molecule has 2 heterocycles. The number of hydrogen-bond acceptors (Lipinski definition) is 4. The number of carbonyl (C=O) groups is 1. The first-order chi connectivity index (χ1) is 8.65. The fourth-order valence-corrected chi connectivity index (χ4v) is 1.95. The van der Waals surface area contributed by atoms with Crippen molar-refractivity contribution in [1.29, 1.82) is 0 Å². The van der Waals surface area contributed by atoms with Crippen LogP contribution in [0.1, 0.15) is 35.3 Å². The molecule has 1 atom stereocenters. The van der Waals surface area contributed by atoms with Crippen LogP contribution in [0.3, 0.4) is 0 Å². The first-order valence-electron chi connectivity index (χ1n) is 6.11. The first kappa shape index (κ1) is 12.8. The van der Waals surface area contributed by atoms with Crippen molar-refractivity contribution in [2.24, 2.45) is 0 Å². The van der Waals surface area contributed by atoms with Gasteiger partial charge in [-0.3, -0.25) is 0 Å². The summed E-state index contributed by atoms with van der Waals surface area (Å²) in [6, 6.07) is 2.96. The van der Waals surface area contributed by atoms with E-state index in [0.717, 1.165) is 25.9 Å². The van der Waals surface area contributed by atoms with Gasteiger partial charge in [0.05, 0.1) is 11.7 Å². The van der Waals surface area contributed by atoms with Crippen molar-refractivity contribution in [2.75, 3.05) is 13.2 Å². The number of aromatic nitrogens is 1. The molecule has 1 aromatic heterocycles. The topological polar surface area (TPSA) is 68.7 Å². The van der Waals surface area contributed by atoms with E-state index in [2.05, 4.69) is 4.98 Å². The SMILES string of the molecule is Cc1cc(C(=O)O)cc(OCC2CCCCO2)n1. The highest BCUT2D eigenvalue weighted by Gasteiger charge is 2.15. The van der Waals surface area contributed by atoms with Crippen LogP contribution in [0.25, 0.3) is 0 Å². The van der Waals surface area contributed by atoms with E-state index in [1.54, 1.807) is 6.92 Å². The second-order valence-corrected chi connectivity index (χ2v) is 4.44. The number of rotatable bonds is 4. The molecule has 0 aromatic carbocycles. The van der Waals surface area contributed by atoms with Crippen molar-refractivity contribution in [3.63, 3.8) is 0 Å². The Morgan fingerprint density at radius 2 is 2.39 bits per heavy atom. The van der Waals surface area contributed by atoms with Crippen molar-refractivity contribution < 1.29 is 19.4 Å². The zero-order valence-electron chi connectivity index (χ0n) is 10.4. The molecule has 0 radical (unpaired) electrons. The summed E-state index contributed by atoms with van der Waals surface area (Å²) in [5, 5.41) is 8.94. The number of carboxylic acid groups (broad SMARTS) is 1. The van der Waals surface area contributed by atoms with Gasteiger partial charge < -0.3 is 14.6 Å². The fourth-order valence-electron chi connectivity index (χ4n) is 1.95. The lowest BCUT2D eigenvalue weighted by Gasteiger charge is -2.22. The Balaban J connectivity index is 1.97. The Labute approximate surface area is 106 Å². The Morgan fingerprint density at radius 1 is 1.56 bits per heavy atom. The molecule has 1 saturated heterocycles. The highest BCUT2D eigenvalue weighted by molar-refractivity contribution is 5.87. The summed E-state index contributed by atoms with van der Waals surface area (Å²) in [5.41, 5.74) is 0.830. The minimum Gasteiger partial charge on any atom is -0.478 e. The smallest absolute Gasteiger partial charge is 0.335 e. The van der Waals surface area contributed by atoms with Gasteiger partial charge in [0.15, 0.2) is 0 Å². The maximum Gasteiger partial charge on any atom is 0.335 e. The van der Waals surface area contributed by atoms with Gasteiger partial charge in [0.25, 0.3) is 0 Å². The molecule has 0 saturated carbocycles. The standard InChI is InChI=1S/C13H17NO4/c1-9-6-10(13(15)16)7-12(14-9)18-8-11-4-2-3-5-17-11/h6-7,11H,2-5,8H2,1H3,(H,15,16). The molecular weight excluding hydrogens is 234 g/mol. The van der Waals surface area contributed by atoms with E-state index < -0.39 is 5.97 Å². The highest BCUT2D eigenvalue weighted by atomic mass is 16.5. The number of nitrogens with zero attached hydrogens (tertiary/aromatic N) is 1. The zero-order valence-corrected chi connectivity index (χ0v) is 10.4. The fraction of sp³-hybridized carbons (Fsp3) is 0.538. The van der Waals surface area contributed by atoms with Gasteiger partial charge in [-0.25, -0.2) is 9.78 Å². The number of ether oxygens (including phenoxy) is 2. The molecule has 1 unspecified atom stereocenters. The normalized spacial score (nSPS) is 19.5. The minimum absolute atomic E-state index is 0.0920. The third-order valence-electron chi connectivity index (χ3n) is 2.87. The molecule has 18 heavy (non-hydrogen) atoms. The van der Waals surface area contributed by atoms with Crippen molar-refractivity contribution >= 4 is 5.97 Å². The van der Waals surface area contributed by atoms with E-state index >= 15 is 0 Å². The Kier molecular flexibility index (Phi) is 4.15. The van der Waals surface area contributed by atoms with Crippen LogP contribution in [0.4, 0.5) is 0 Å². The van der Waals surface area contributed by atoms with Crippen LogP contribution < -0.4 is 4.74 Å². The summed E-state index contributed by atoms with van der Waals surface area (Å²) in [6.07, 6.45) is 3.32. The van der Waals surface area contributed by atoms with E-state index in [4.69, 9.17) is 14.6 Å². The summed E-state index contributed by atoms with van der Waals surface area (Å²) in [6.45, 7) is 2.95. The molecule has 1 N–H and O–H groups in total. The van der Waals surface area contributed by atoms with Gasteiger partial charge in [-0.05, 0) is 32.3 Å². The van der Waals surface area contributed by atoms with E-state index in [1.165, 1.54) is 12.1 Å². The monoisotopic (exact) mass is 251 g/mol. The molecular formula is C13H17NO4. The summed E-state index contributed by atoms with van der Waals surface area (Å²) < 4.78 is 11.1. The van der Waals surface area contributed by atoms with Crippen LogP contribution in [0.2, 0.25) is 0 Å². The van der Waals surface area contributed by atoms with Crippen LogP contribution in [-0.2, 0) is 4.74 Å². The molecule has 1 fully saturated rings. The van der Waals surface area contributed by atoms with Crippen LogP contribution in [-0.4, -0.2) is 35.4 Å². The number of aromatic carboxylic acids is 1. The minimum atomic E-state index is -0.973. The van der Waals surface area contributed by atoms with E-state index in [0.29, 0.717) is 18.2 Å². The third-order valence-corrected chi connectivity index (χ3v) is 2.87. The Morgan fingerprint density at radius 3 is 3.06 bits per heavy atom. The molecule has 5 nitrogen and oxygen atoms in total. The van der Waals surface area contributed by atoms with Gasteiger partial charge >= 0.3 is 5.97 Å². The lowest BCUT2D eigenvalue weighted by atomic mass is 10.1. The maximum absolute atomic E-state index is 10.9. The average Bonchev–Trinajstić information content (AvgIpc) is 2.37. The quantitative estimate of drug-likeness (QED) is 0.886. The van der Waals surface area contributed by atoms with Gasteiger partial charge in [0.1, 0.15) is 6.61 Å². The predicted octanol–water partition coefficient (Wildman–Crippen LogP) is 2.04. The zero-order chi connectivity index (χ0) is 13.0. The molecule has 2 rings (SSSR count). The molecule has 98 valence electrons. The van der Waals surface area contributed by atoms with E-state index in [-0.39, 0.29) is 11.7 Å². The number of pyridine rings is 1. The van der Waals surface area contributed by atoms with Crippen molar-refractivity contribution in [2.45, 2.75) is 32.3 Å². The Bertz CT molecular complexity index is 427. The average molecular weight is 251 g/mol. The molecule has 5 heteroatoms. The van der Waals surface area contributed by atoms with Crippen LogP contribution in [0.5, 0.6) is 5.88 Å². The summed E-state index contributed by atoms with van der Waals surface area (Å²) in [7, 11) is 0. The van der Waals surface area contributed by atoms with Gasteiger partial charge in [-0.2, -0.15) is 0 Å². The Hall–Kier alpha value is -1.62. The number of aryl methyl sites for hydroxylation is 1. The van der Waals surface area contributed by atoms with Gasteiger partial charge in [0.2, 0.25) is 5.88 Å². The molecule has 1 aliphatic heterocycles. The highest BCUT2D eigenvalue weighted by Crippen LogP contribution is 2.16. The summed E-state index contributed by atoms with van der Waals surface area (Å²) >= 11 is 0. The van der Waals surface area contributed by atoms with Gasteiger partial charge in [-0.1, -0.05) is 0 Å². The van der Waals surface area contributed by atoms with Crippen LogP contribution in [0, 0.1) is 6.92 Å². The van der Waals surface area contributed by atoms with Crippen LogP contribution in [0.15, 0.2) is 12.1 Å². The van der Waals surface area contributed by atoms with Gasteiger partial charge in [-0.15, -0.1) is 0 Å². The second kappa shape index (κ2) is 5.82. The largest absolute Gasteiger partial charge is 0.478 e. The van der Waals surface area contributed by atoms with Gasteiger partial charge in [0, 0.05) is 18.4 Å². The number of carboxylic acids is 1. The van der Waals surface area contributed by atoms with Crippen molar-refractivity contribution in [3.05, 3.63) is 23.4 Å². The van der Waals surface area contributed by atoms with Crippen LogP contribution >= 0.6 is 0 Å². The molecule has 1 aromatic rings. The molecule has 1 aliphatic rings. The van der Waals surface area contributed by atoms with Crippen molar-refractivity contribution in [3.8, 4) is 5.88 Å². The predicted molar refractivity (Wildman–Crippen MR) is 65.0 cm³/mol. The second-order valence-electron chi connectivity index (χ2n) is 4.44. The van der Waals surface area contributed by atoms with E-state index in [9.17, 15) is 4.79 Å².